The molecule has 0 saturated heterocycles. The molecule has 6 nitrogen and oxygen atoms in total. The van der Waals surface area contributed by atoms with E-state index in [0.717, 1.165) is 27.8 Å². The molecule has 4 rings (SSSR count). The number of pyridine rings is 1. The van der Waals surface area contributed by atoms with E-state index in [9.17, 15) is 4.79 Å². The van der Waals surface area contributed by atoms with Crippen LogP contribution in [0.3, 0.4) is 0 Å². The van der Waals surface area contributed by atoms with E-state index < -0.39 is 0 Å². The number of esters is 1. The average Bonchev–Trinajstić information content (AvgIpc) is 3.22. The van der Waals surface area contributed by atoms with Crippen molar-refractivity contribution in [3.05, 3.63) is 89.7 Å². The van der Waals surface area contributed by atoms with Gasteiger partial charge in [0.25, 0.3) is 0 Å². The van der Waals surface area contributed by atoms with E-state index >= 15 is 0 Å². The Morgan fingerprint density at radius 2 is 1.83 bits per heavy atom. The Morgan fingerprint density at radius 3 is 2.57 bits per heavy atom. The molecule has 150 valence electrons. The van der Waals surface area contributed by atoms with Gasteiger partial charge in [0.05, 0.1) is 12.7 Å². The molecule has 0 atom stereocenters. The molecule has 0 fully saturated rings. The van der Waals surface area contributed by atoms with Gasteiger partial charge < -0.3 is 4.74 Å². The van der Waals surface area contributed by atoms with Gasteiger partial charge in [-0.2, -0.15) is 0 Å². The number of aromatic nitrogens is 4. The minimum absolute atomic E-state index is 0.345. The van der Waals surface area contributed by atoms with Crippen molar-refractivity contribution in [1.82, 2.24) is 19.7 Å². The van der Waals surface area contributed by atoms with Crippen molar-refractivity contribution in [3.63, 3.8) is 0 Å². The van der Waals surface area contributed by atoms with E-state index in [1.165, 1.54) is 24.4 Å². The number of aryl methyl sites for hydroxylation is 1. The smallest absolute Gasteiger partial charge is 0.338 e. The highest BCUT2D eigenvalue weighted by atomic mass is 32.2. The molecular formula is C23H20N4O2S. The van der Waals surface area contributed by atoms with Crippen molar-refractivity contribution in [2.24, 2.45) is 0 Å². The van der Waals surface area contributed by atoms with Crippen molar-refractivity contribution in [3.8, 4) is 17.1 Å². The average molecular weight is 417 g/mol. The monoisotopic (exact) mass is 416 g/mol. The van der Waals surface area contributed by atoms with Gasteiger partial charge in [-0.05, 0) is 42.8 Å². The molecule has 0 radical (unpaired) electrons. The van der Waals surface area contributed by atoms with Gasteiger partial charge in [-0.15, -0.1) is 10.2 Å². The van der Waals surface area contributed by atoms with Crippen molar-refractivity contribution >= 4 is 17.7 Å². The van der Waals surface area contributed by atoms with Crippen LogP contribution in [0, 0.1) is 6.92 Å². The molecule has 0 saturated carbocycles. The molecule has 0 amide bonds. The summed E-state index contributed by atoms with van der Waals surface area (Å²) in [7, 11) is 1.39. The Kier molecular flexibility index (Phi) is 5.90. The second-order valence-corrected chi connectivity index (χ2v) is 7.60. The number of rotatable bonds is 6. The minimum atomic E-state index is -0.345. The van der Waals surface area contributed by atoms with Crippen LogP contribution in [0.15, 0.2) is 78.2 Å². The highest BCUT2D eigenvalue weighted by Gasteiger charge is 2.18. The quantitative estimate of drug-likeness (QED) is 0.335. The van der Waals surface area contributed by atoms with Gasteiger partial charge in [-0.3, -0.25) is 9.55 Å². The summed E-state index contributed by atoms with van der Waals surface area (Å²) in [5.74, 6) is 0.931. The largest absolute Gasteiger partial charge is 0.465 e. The lowest BCUT2D eigenvalue weighted by Gasteiger charge is -2.11. The maximum absolute atomic E-state index is 12.1. The molecule has 0 aliphatic heterocycles. The summed E-state index contributed by atoms with van der Waals surface area (Å²) in [6.07, 6.45) is 3.51. The Hall–Kier alpha value is -3.45. The highest BCUT2D eigenvalue weighted by molar-refractivity contribution is 7.98. The van der Waals surface area contributed by atoms with E-state index in [4.69, 9.17) is 4.74 Å². The van der Waals surface area contributed by atoms with Crippen LogP contribution in [0.4, 0.5) is 0 Å². The third kappa shape index (κ3) is 4.11. The van der Waals surface area contributed by atoms with Gasteiger partial charge in [0.15, 0.2) is 11.0 Å². The topological polar surface area (TPSA) is 69.9 Å². The maximum Gasteiger partial charge on any atom is 0.338 e. The van der Waals surface area contributed by atoms with Crippen molar-refractivity contribution in [1.29, 1.82) is 0 Å². The highest BCUT2D eigenvalue weighted by Crippen LogP contribution is 2.30. The molecule has 7 heteroatoms. The maximum atomic E-state index is 12.1. The molecule has 4 aromatic rings. The Bertz CT molecular complexity index is 1160. The van der Waals surface area contributed by atoms with Crippen LogP contribution in [0.1, 0.15) is 21.5 Å². The predicted molar refractivity (Wildman–Crippen MR) is 117 cm³/mol. The van der Waals surface area contributed by atoms with Crippen LogP contribution in [0.25, 0.3) is 17.1 Å². The van der Waals surface area contributed by atoms with Gasteiger partial charge >= 0.3 is 5.97 Å². The number of thioether (sulfide) groups is 1. The fourth-order valence-corrected chi connectivity index (χ4v) is 4.03. The first-order chi connectivity index (χ1) is 14.7. The normalized spacial score (nSPS) is 10.7. The number of ether oxygens (including phenoxy) is 1. The SMILES string of the molecule is COC(=O)c1ccccc1CSc1nnc(-c2cccnc2)n1-c1ccc(C)cc1. The number of methoxy groups -OCH3 is 1. The second kappa shape index (κ2) is 8.92. The Morgan fingerprint density at radius 1 is 1.03 bits per heavy atom. The van der Waals surface area contributed by atoms with Crippen molar-refractivity contribution in [2.45, 2.75) is 17.8 Å². The Labute approximate surface area is 179 Å². The molecule has 0 aliphatic carbocycles. The molecule has 0 aliphatic rings. The summed E-state index contributed by atoms with van der Waals surface area (Å²) < 4.78 is 6.92. The standard InChI is InChI=1S/C23H20N4O2S/c1-16-9-11-19(12-10-16)27-21(17-7-5-13-24-14-17)25-26-23(27)30-15-18-6-3-4-8-20(18)22(28)29-2/h3-14H,15H2,1-2H3. The minimum Gasteiger partial charge on any atom is -0.465 e. The number of benzene rings is 2. The lowest BCUT2D eigenvalue weighted by Crippen LogP contribution is -2.05. The van der Waals surface area contributed by atoms with Gasteiger partial charge in [0.1, 0.15) is 0 Å². The molecular weight excluding hydrogens is 396 g/mol. The summed E-state index contributed by atoms with van der Waals surface area (Å²) in [4.78, 5) is 16.3. The molecule has 2 aromatic heterocycles. The molecule has 2 aromatic carbocycles. The van der Waals surface area contributed by atoms with E-state index in [0.29, 0.717) is 11.3 Å². The Balaban J connectivity index is 1.72. The number of hydrogen-bond acceptors (Lipinski definition) is 6. The first kappa shape index (κ1) is 19.8. The van der Waals surface area contributed by atoms with Gasteiger partial charge in [0.2, 0.25) is 0 Å². The number of carbonyl (C=O) groups excluding carboxylic acids is 1. The van der Waals surface area contributed by atoms with E-state index in [1.54, 1.807) is 18.5 Å². The number of carbonyl (C=O) groups is 1. The second-order valence-electron chi connectivity index (χ2n) is 6.66. The molecule has 0 unspecified atom stereocenters. The first-order valence-corrected chi connectivity index (χ1v) is 10.4. The van der Waals surface area contributed by atoms with Gasteiger partial charge in [0, 0.05) is 29.4 Å². The molecule has 30 heavy (non-hydrogen) atoms. The van der Waals surface area contributed by atoms with E-state index in [2.05, 4.69) is 34.2 Å². The van der Waals surface area contributed by atoms with Crippen LogP contribution in [0.5, 0.6) is 0 Å². The van der Waals surface area contributed by atoms with Crippen LogP contribution >= 0.6 is 11.8 Å². The third-order valence-electron chi connectivity index (χ3n) is 4.62. The zero-order valence-electron chi connectivity index (χ0n) is 16.6. The van der Waals surface area contributed by atoms with Gasteiger partial charge in [-0.1, -0.05) is 47.7 Å². The lowest BCUT2D eigenvalue weighted by atomic mass is 10.1. The van der Waals surface area contributed by atoms with E-state index in [-0.39, 0.29) is 5.97 Å². The number of hydrogen-bond donors (Lipinski definition) is 0. The molecule has 0 bridgehead atoms. The van der Waals surface area contributed by atoms with Crippen LogP contribution in [-0.2, 0) is 10.5 Å². The zero-order valence-corrected chi connectivity index (χ0v) is 17.5. The number of nitrogens with zero attached hydrogens (tertiary/aromatic N) is 4. The van der Waals surface area contributed by atoms with Crippen LogP contribution in [-0.4, -0.2) is 32.8 Å². The summed E-state index contributed by atoms with van der Waals surface area (Å²) >= 11 is 1.52. The summed E-state index contributed by atoms with van der Waals surface area (Å²) in [5.41, 5.74) is 4.47. The molecule has 0 spiro atoms. The predicted octanol–water partition coefficient (Wildman–Crippen LogP) is 4.72. The summed E-state index contributed by atoms with van der Waals surface area (Å²) in [6.45, 7) is 2.05. The van der Waals surface area contributed by atoms with Crippen molar-refractivity contribution in [2.75, 3.05) is 7.11 Å². The fraction of sp³-hybridized carbons (Fsp3) is 0.130. The third-order valence-corrected chi connectivity index (χ3v) is 5.60. The lowest BCUT2D eigenvalue weighted by molar-refractivity contribution is 0.0600. The van der Waals surface area contributed by atoms with E-state index in [1.807, 2.05) is 47.0 Å². The first-order valence-electron chi connectivity index (χ1n) is 9.39. The van der Waals surface area contributed by atoms with Crippen LogP contribution in [0.2, 0.25) is 0 Å². The van der Waals surface area contributed by atoms with Gasteiger partial charge in [-0.25, -0.2) is 4.79 Å². The zero-order chi connectivity index (χ0) is 20.9. The summed E-state index contributed by atoms with van der Waals surface area (Å²) in [6, 6.07) is 19.5. The van der Waals surface area contributed by atoms with Crippen molar-refractivity contribution < 1.29 is 9.53 Å². The van der Waals surface area contributed by atoms with Crippen LogP contribution < -0.4 is 0 Å². The molecule has 2 heterocycles. The summed E-state index contributed by atoms with van der Waals surface area (Å²) in [5, 5.41) is 9.60. The fourth-order valence-electron chi connectivity index (χ4n) is 3.07. The molecule has 0 N–H and O–H groups in total.